The summed E-state index contributed by atoms with van der Waals surface area (Å²) in [6, 6.07) is 9.50. The third kappa shape index (κ3) is 3.83. The van der Waals surface area contributed by atoms with Gasteiger partial charge in [-0.2, -0.15) is 0 Å². The van der Waals surface area contributed by atoms with E-state index in [-0.39, 0.29) is 18.3 Å². The van der Waals surface area contributed by atoms with Crippen molar-refractivity contribution in [3.8, 4) is 5.75 Å². The average molecular weight is 364 g/mol. The molecule has 1 fully saturated rings. The summed E-state index contributed by atoms with van der Waals surface area (Å²) in [6.07, 6.45) is 1.84. The second-order valence-electron chi connectivity index (χ2n) is 6.17. The molecular weight excluding hydrogens is 345 g/mol. The van der Waals surface area contributed by atoms with Gasteiger partial charge in [0.1, 0.15) is 5.75 Å². The highest BCUT2D eigenvalue weighted by Gasteiger charge is 2.28. The summed E-state index contributed by atoms with van der Waals surface area (Å²) >= 11 is 0. The Morgan fingerprint density at radius 3 is 2.58 bits per heavy atom. The van der Waals surface area contributed by atoms with Crippen LogP contribution < -0.4 is 10.1 Å². The third-order valence-corrected chi connectivity index (χ3v) is 4.52. The number of rotatable bonds is 5. The molecule has 0 bridgehead atoms. The van der Waals surface area contributed by atoms with E-state index in [9.17, 15) is 18.0 Å². The van der Waals surface area contributed by atoms with Crippen molar-refractivity contribution in [3.05, 3.63) is 59.4 Å². The first-order valence-electron chi connectivity index (χ1n) is 8.31. The summed E-state index contributed by atoms with van der Waals surface area (Å²) < 4.78 is 45.1. The molecule has 1 atom stereocenters. The van der Waals surface area contributed by atoms with Crippen molar-refractivity contribution in [2.24, 2.45) is 0 Å². The van der Waals surface area contributed by atoms with E-state index in [0.29, 0.717) is 0 Å². The molecule has 0 radical (unpaired) electrons. The van der Waals surface area contributed by atoms with E-state index in [1.807, 2.05) is 29.2 Å². The zero-order valence-corrected chi connectivity index (χ0v) is 14.3. The summed E-state index contributed by atoms with van der Waals surface area (Å²) in [5.41, 5.74) is 0.698. The predicted octanol–water partition coefficient (Wildman–Crippen LogP) is 3.89. The summed E-state index contributed by atoms with van der Waals surface area (Å²) in [4.78, 5) is 14.2. The third-order valence-electron chi connectivity index (χ3n) is 4.52. The average Bonchev–Trinajstić information content (AvgIpc) is 3.10. The number of amides is 1. The molecule has 4 nitrogen and oxygen atoms in total. The van der Waals surface area contributed by atoms with Crippen LogP contribution in [0.4, 0.5) is 18.9 Å². The Morgan fingerprint density at radius 1 is 1.15 bits per heavy atom. The van der Waals surface area contributed by atoms with Gasteiger partial charge < -0.3 is 10.1 Å². The molecule has 1 amide bonds. The van der Waals surface area contributed by atoms with Gasteiger partial charge in [-0.25, -0.2) is 13.2 Å². The normalized spacial score (nSPS) is 17.3. The zero-order chi connectivity index (χ0) is 18.7. The molecule has 0 spiro atoms. The van der Waals surface area contributed by atoms with Gasteiger partial charge in [0.25, 0.3) is 0 Å². The number of carbonyl (C=O) groups is 1. The molecule has 3 rings (SSSR count). The summed E-state index contributed by atoms with van der Waals surface area (Å²) in [6.45, 7) is 0.763. The van der Waals surface area contributed by atoms with Crippen molar-refractivity contribution < 1.29 is 22.7 Å². The van der Waals surface area contributed by atoms with Crippen molar-refractivity contribution in [2.45, 2.75) is 18.9 Å². The highest BCUT2D eigenvalue weighted by molar-refractivity contribution is 5.92. The van der Waals surface area contributed by atoms with Crippen LogP contribution in [0.5, 0.6) is 5.75 Å². The molecule has 0 aliphatic carbocycles. The highest BCUT2D eigenvalue weighted by atomic mass is 19.2. The molecule has 0 aromatic heterocycles. The Balaban J connectivity index is 1.67. The van der Waals surface area contributed by atoms with E-state index in [0.717, 1.165) is 42.8 Å². The van der Waals surface area contributed by atoms with E-state index in [1.54, 1.807) is 7.11 Å². The fraction of sp³-hybridized carbons (Fsp3) is 0.316. The van der Waals surface area contributed by atoms with Gasteiger partial charge in [0.2, 0.25) is 5.91 Å². The Hall–Kier alpha value is -2.54. The molecule has 1 saturated heterocycles. The van der Waals surface area contributed by atoms with Crippen LogP contribution in [0.3, 0.4) is 0 Å². The SMILES string of the molecule is COc1ccc([C@@H]2CCCN2CC(=O)Nc2ccc(F)c(F)c2F)cc1. The molecule has 1 heterocycles. The fourth-order valence-corrected chi connectivity index (χ4v) is 3.22. The van der Waals surface area contributed by atoms with Crippen LogP contribution in [0.1, 0.15) is 24.4 Å². The van der Waals surface area contributed by atoms with E-state index in [2.05, 4.69) is 5.32 Å². The van der Waals surface area contributed by atoms with Crippen LogP contribution in [0.25, 0.3) is 0 Å². The van der Waals surface area contributed by atoms with E-state index >= 15 is 0 Å². The molecule has 1 aliphatic heterocycles. The maximum atomic E-state index is 13.7. The number of nitrogens with one attached hydrogen (secondary N) is 1. The van der Waals surface area contributed by atoms with Gasteiger partial charge in [0.15, 0.2) is 17.5 Å². The smallest absolute Gasteiger partial charge is 0.238 e. The minimum atomic E-state index is -1.60. The van der Waals surface area contributed by atoms with Crippen molar-refractivity contribution in [3.63, 3.8) is 0 Å². The number of anilines is 1. The number of methoxy groups -OCH3 is 1. The lowest BCUT2D eigenvalue weighted by atomic mass is 10.0. The van der Waals surface area contributed by atoms with Gasteiger partial charge in [-0.3, -0.25) is 9.69 Å². The molecule has 2 aromatic carbocycles. The summed E-state index contributed by atoms with van der Waals surface area (Å²) in [7, 11) is 1.60. The first kappa shape index (κ1) is 18.3. The minimum Gasteiger partial charge on any atom is -0.497 e. The molecule has 0 saturated carbocycles. The number of ether oxygens (including phenoxy) is 1. The second-order valence-corrected chi connectivity index (χ2v) is 6.17. The number of benzene rings is 2. The van der Waals surface area contributed by atoms with Gasteiger partial charge >= 0.3 is 0 Å². The first-order valence-corrected chi connectivity index (χ1v) is 8.31. The van der Waals surface area contributed by atoms with Crippen LogP contribution in [0.15, 0.2) is 36.4 Å². The fourth-order valence-electron chi connectivity index (χ4n) is 3.22. The standard InChI is InChI=1S/C19H19F3N2O2/c1-26-13-6-4-12(5-7-13)16-3-2-10-24(16)11-17(25)23-15-9-8-14(20)18(21)19(15)22/h4-9,16H,2-3,10-11H2,1H3,(H,23,25)/t16-/m0/s1. The van der Waals surface area contributed by atoms with Crippen LogP contribution in [-0.4, -0.2) is 31.0 Å². The van der Waals surface area contributed by atoms with E-state index in [4.69, 9.17) is 4.74 Å². The van der Waals surface area contributed by atoms with Crippen LogP contribution in [0, 0.1) is 17.5 Å². The van der Waals surface area contributed by atoms with Gasteiger partial charge in [-0.15, -0.1) is 0 Å². The molecule has 2 aromatic rings. The van der Waals surface area contributed by atoms with E-state index in [1.165, 1.54) is 0 Å². The summed E-state index contributed by atoms with van der Waals surface area (Å²) in [5.74, 6) is -4.01. The zero-order valence-electron chi connectivity index (χ0n) is 14.3. The molecule has 1 N–H and O–H groups in total. The quantitative estimate of drug-likeness (QED) is 0.819. The number of hydrogen-bond donors (Lipinski definition) is 1. The number of hydrogen-bond acceptors (Lipinski definition) is 3. The molecule has 138 valence electrons. The van der Waals surface area contributed by atoms with E-state index < -0.39 is 23.4 Å². The molecule has 7 heteroatoms. The molecular formula is C19H19F3N2O2. The number of nitrogens with zero attached hydrogens (tertiary/aromatic N) is 1. The topological polar surface area (TPSA) is 41.6 Å². The number of likely N-dealkylation sites (tertiary alicyclic amines) is 1. The summed E-state index contributed by atoms with van der Waals surface area (Å²) in [5, 5.41) is 2.31. The monoisotopic (exact) mass is 364 g/mol. The Kier molecular flexibility index (Phi) is 5.46. The van der Waals surface area contributed by atoms with Gasteiger partial charge in [-0.1, -0.05) is 12.1 Å². The van der Waals surface area contributed by atoms with Crippen LogP contribution in [-0.2, 0) is 4.79 Å². The Morgan fingerprint density at radius 2 is 1.88 bits per heavy atom. The lowest BCUT2D eigenvalue weighted by Gasteiger charge is -2.24. The predicted molar refractivity (Wildman–Crippen MR) is 91.5 cm³/mol. The van der Waals surface area contributed by atoms with Gasteiger partial charge in [0.05, 0.1) is 19.3 Å². The Bertz CT molecular complexity index is 796. The lowest BCUT2D eigenvalue weighted by molar-refractivity contribution is -0.117. The van der Waals surface area contributed by atoms with Gasteiger partial charge in [0, 0.05) is 6.04 Å². The van der Waals surface area contributed by atoms with Crippen molar-refractivity contribution in [1.29, 1.82) is 0 Å². The lowest BCUT2D eigenvalue weighted by Crippen LogP contribution is -2.33. The molecule has 26 heavy (non-hydrogen) atoms. The number of carbonyl (C=O) groups excluding carboxylic acids is 1. The largest absolute Gasteiger partial charge is 0.497 e. The van der Waals surface area contributed by atoms with Crippen molar-refractivity contribution in [2.75, 3.05) is 25.5 Å². The number of halogens is 3. The molecule has 0 unspecified atom stereocenters. The van der Waals surface area contributed by atoms with Crippen LogP contribution in [0.2, 0.25) is 0 Å². The van der Waals surface area contributed by atoms with Crippen molar-refractivity contribution >= 4 is 11.6 Å². The second kappa shape index (κ2) is 7.78. The maximum absolute atomic E-state index is 13.7. The maximum Gasteiger partial charge on any atom is 0.238 e. The Labute approximate surface area is 149 Å². The highest BCUT2D eigenvalue weighted by Crippen LogP contribution is 2.32. The van der Waals surface area contributed by atoms with Crippen LogP contribution >= 0.6 is 0 Å². The first-order chi connectivity index (χ1) is 12.5. The van der Waals surface area contributed by atoms with Crippen molar-refractivity contribution in [1.82, 2.24) is 4.90 Å². The van der Waals surface area contributed by atoms with Gasteiger partial charge in [-0.05, 0) is 49.2 Å². The molecule has 1 aliphatic rings. The minimum absolute atomic E-state index is 0.0368.